The molecule has 1 saturated heterocycles. The maximum atomic E-state index is 12.2. The van der Waals surface area contributed by atoms with Crippen molar-refractivity contribution in [3.8, 4) is 0 Å². The lowest BCUT2D eigenvalue weighted by Gasteiger charge is -2.22. The number of aliphatic carboxylic acids is 1. The first-order valence-electron chi connectivity index (χ1n) is 6.11. The third-order valence-electron chi connectivity index (χ3n) is 3.89. The summed E-state index contributed by atoms with van der Waals surface area (Å²) in [5.74, 6) is -0.864. The minimum atomic E-state index is -0.803. The fraction of sp³-hybridized carbons (Fsp3) is 0.833. The molecule has 1 aliphatic carbocycles. The molecule has 1 aliphatic heterocycles. The van der Waals surface area contributed by atoms with E-state index in [9.17, 15) is 9.59 Å². The van der Waals surface area contributed by atoms with Crippen molar-refractivity contribution in [2.45, 2.75) is 32.6 Å². The molecule has 1 heterocycles. The third-order valence-corrected chi connectivity index (χ3v) is 3.89. The number of hydrogen-bond donors (Lipinski definition) is 1. The van der Waals surface area contributed by atoms with Crippen LogP contribution in [0, 0.1) is 17.8 Å². The zero-order chi connectivity index (χ0) is 11.7. The summed E-state index contributed by atoms with van der Waals surface area (Å²) < 4.78 is 0. The van der Waals surface area contributed by atoms with Gasteiger partial charge in [0.15, 0.2) is 0 Å². The number of likely N-dealkylation sites (tertiary alicyclic amines) is 1. The summed E-state index contributed by atoms with van der Waals surface area (Å²) in [7, 11) is 0. The Labute approximate surface area is 95.6 Å². The molecule has 0 aromatic rings. The largest absolute Gasteiger partial charge is 0.481 e. The molecule has 16 heavy (non-hydrogen) atoms. The monoisotopic (exact) mass is 225 g/mol. The molecule has 1 N–H and O–H groups in total. The summed E-state index contributed by atoms with van der Waals surface area (Å²) in [4.78, 5) is 25.1. The van der Waals surface area contributed by atoms with Crippen LogP contribution in [0.5, 0.6) is 0 Å². The van der Waals surface area contributed by atoms with Crippen molar-refractivity contribution in [3.05, 3.63) is 0 Å². The zero-order valence-corrected chi connectivity index (χ0v) is 9.69. The molecule has 4 heteroatoms. The van der Waals surface area contributed by atoms with E-state index in [1.54, 1.807) is 0 Å². The fourth-order valence-corrected chi connectivity index (χ4v) is 2.92. The number of rotatable bonds is 2. The topological polar surface area (TPSA) is 57.6 Å². The summed E-state index contributed by atoms with van der Waals surface area (Å²) in [6, 6.07) is 0. The molecule has 3 atom stereocenters. The average molecular weight is 225 g/mol. The molecule has 0 spiro atoms. The van der Waals surface area contributed by atoms with Gasteiger partial charge >= 0.3 is 5.97 Å². The van der Waals surface area contributed by atoms with Gasteiger partial charge < -0.3 is 10.0 Å². The van der Waals surface area contributed by atoms with Crippen LogP contribution in [0.1, 0.15) is 32.6 Å². The summed E-state index contributed by atoms with van der Waals surface area (Å²) in [5.41, 5.74) is 0. The van der Waals surface area contributed by atoms with Crippen LogP contribution >= 0.6 is 0 Å². The Kier molecular flexibility index (Phi) is 3.17. The molecule has 0 aromatic heterocycles. The summed E-state index contributed by atoms with van der Waals surface area (Å²) in [6.45, 7) is 3.75. The van der Waals surface area contributed by atoms with Crippen molar-refractivity contribution in [3.63, 3.8) is 0 Å². The quantitative estimate of drug-likeness (QED) is 0.772. The van der Waals surface area contributed by atoms with Gasteiger partial charge in [0, 0.05) is 13.1 Å². The second-order valence-corrected chi connectivity index (χ2v) is 5.16. The molecule has 0 bridgehead atoms. The molecule has 1 saturated carbocycles. The van der Waals surface area contributed by atoms with Crippen LogP contribution in [0.2, 0.25) is 0 Å². The van der Waals surface area contributed by atoms with E-state index in [4.69, 9.17) is 5.11 Å². The van der Waals surface area contributed by atoms with Gasteiger partial charge in [0.25, 0.3) is 0 Å². The molecular weight excluding hydrogens is 206 g/mol. The highest BCUT2D eigenvalue weighted by atomic mass is 16.4. The molecule has 1 amide bonds. The molecule has 0 radical (unpaired) electrons. The highest BCUT2D eigenvalue weighted by molar-refractivity contribution is 5.85. The van der Waals surface area contributed by atoms with Gasteiger partial charge in [0.05, 0.1) is 11.8 Å². The standard InChI is InChI=1S/C12H19NO3/c1-8-5-6-13(7-8)11(14)9-3-2-4-10(9)12(15)16/h8-10H,2-7H2,1H3,(H,15,16). The molecule has 0 aromatic carbocycles. The van der Waals surface area contributed by atoms with Crippen LogP contribution in [0.4, 0.5) is 0 Å². The summed E-state index contributed by atoms with van der Waals surface area (Å²) in [6.07, 6.45) is 3.34. The maximum Gasteiger partial charge on any atom is 0.307 e. The van der Waals surface area contributed by atoms with E-state index in [2.05, 4.69) is 6.92 Å². The first-order chi connectivity index (χ1) is 7.59. The maximum absolute atomic E-state index is 12.2. The average Bonchev–Trinajstić information content (AvgIpc) is 2.84. The first-order valence-corrected chi connectivity index (χ1v) is 6.11. The van der Waals surface area contributed by atoms with E-state index in [1.807, 2.05) is 4.90 Å². The molecule has 4 nitrogen and oxygen atoms in total. The van der Waals surface area contributed by atoms with E-state index in [0.29, 0.717) is 12.3 Å². The Balaban J connectivity index is 2.01. The van der Waals surface area contributed by atoms with Gasteiger partial charge in [-0.1, -0.05) is 13.3 Å². The lowest BCUT2D eigenvalue weighted by molar-refractivity contribution is -0.148. The van der Waals surface area contributed by atoms with Crippen LogP contribution in [0.25, 0.3) is 0 Å². The normalized spacial score (nSPS) is 34.3. The van der Waals surface area contributed by atoms with Crippen molar-refractivity contribution < 1.29 is 14.7 Å². The number of carbonyl (C=O) groups is 2. The number of amides is 1. The van der Waals surface area contributed by atoms with Gasteiger partial charge in [0.2, 0.25) is 5.91 Å². The number of carboxylic acids is 1. The molecule has 90 valence electrons. The minimum absolute atomic E-state index is 0.0780. The van der Waals surface area contributed by atoms with E-state index in [1.165, 1.54) is 0 Å². The van der Waals surface area contributed by atoms with Crippen LogP contribution in [0.15, 0.2) is 0 Å². The number of carboxylic acid groups (broad SMARTS) is 1. The van der Waals surface area contributed by atoms with Crippen LogP contribution < -0.4 is 0 Å². The van der Waals surface area contributed by atoms with Crippen LogP contribution in [-0.4, -0.2) is 35.0 Å². The molecule has 2 aliphatic rings. The highest BCUT2D eigenvalue weighted by Crippen LogP contribution is 2.34. The smallest absolute Gasteiger partial charge is 0.307 e. The first kappa shape index (κ1) is 11.4. The van der Waals surface area contributed by atoms with Gasteiger partial charge in [-0.15, -0.1) is 0 Å². The Hall–Kier alpha value is -1.06. The number of nitrogens with zero attached hydrogens (tertiary/aromatic N) is 1. The van der Waals surface area contributed by atoms with E-state index < -0.39 is 11.9 Å². The van der Waals surface area contributed by atoms with E-state index >= 15 is 0 Å². The lowest BCUT2D eigenvalue weighted by Crippen LogP contribution is -2.37. The van der Waals surface area contributed by atoms with Gasteiger partial charge in [-0.05, 0) is 25.2 Å². The number of hydrogen-bond acceptors (Lipinski definition) is 2. The third kappa shape index (κ3) is 2.06. The van der Waals surface area contributed by atoms with Crippen molar-refractivity contribution in [2.75, 3.05) is 13.1 Å². The predicted molar refractivity (Wildman–Crippen MR) is 58.8 cm³/mol. The molecule has 2 rings (SSSR count). The second-order valence-electron chi connectivity index (χ2n) is 5.16. The van der Waals surface area contributed by atoms with Gasteiger partial charge in [-0.25, -0.2) is 0 Å². The predicted octanol–water partition coefficient (Wildman–Crippen LogP) is 1.36. The lowest BCUT2D eigenvalue weighted by atomic mass is 9.95. The molecular formula is C12H19NO3. The minimum Gasteiger partial charge on any atom is -0.481 e. The Morgan fingerprint density at radius 2 is 1.88 bits per heavy atom. The fourth-order valence-electron chi connectivity index (χ4n) is 2.92. The van der Waals surface area contributed by atoms with Crippen molar-refractivity contribution in [1.29, 1.82) is 0 Å². The summed E-state index contributed by atoms with van der Waals surface area (Å²) >= 11 is 0. The SMILES string of the molecule is CC1CCN(C(=O)C2CCCC2C(=O)O)C1. The van der Waals surface area contributed by atoms with Crippen molar-refractivity contribution >= 4 is 11.9 Å². The van der Waals surface area contributed by atoms with Gasteiger partial charge in [-0.3, -0.25) is 9.59 Å². The Morgan fingerprint density at radius 3 is 2.44 bits per heavy atom. The van der Waals surface area contributed by atoms with Crippen molar-refractivity contribution in [1.82, 2.24) is 4.90 Å². The van der Waals surface area contributed by atoms with Gasteiger partial charge in [-0.2, -0.15) is 0 Å². The Bertz CT molecular complexity index is 303. The van der Waals surface area contributed by atoms with Gasteiger partial charge in [0.1, 0.15) is 0 Å². The van der Waals surface area contributed by atoms with E-state index in [0.717, 1.165) is 32.4 Å². The Morgan fingerprint density at radius 1 is 1.19 bits per heavy atom. The van der Waals surface area contributed by atoms with E-state index in [-0.39, 0.29) is 11.8 Å². The second kappa shape index (κ2) is 4.44. The number of carbonyl (C=O) groups excluding carboxylic acids is 1. The summed E-state index contributed by atoms with van der Waals surface area (Å²) in [5, 5.41) is 9.06. The zero-order valence-electron chi connectivity index (χ0n) is 9.69. The van der Waals surface area contributed by atoms with Crippen molar-refractivity contribution in [2.24, 2.45) is 17.8 Å². The van der Waals surface area contributed by atoms with Crippen LogP contribution in [-0.2, 0) is 9.59 Å². The van der Waals surface area contributed by atoms with Crippen LogP contribution in [0.3, 0.4) is 0 Å². The molecule has 3 unspecified atom stereocenters. The highest BCUT2D eigenvalue weighted by Gasteiger charge is 2.40. The molecule has 2 fully saturated rings.